The van der Waals surface area contributed by atoms with Gasteiger partial charge >= 0.3 is 6.18 Å². The second-order valence-electron chi connectivity index (χ2n) is 7.86. The number of carbonyl (C=O) groups is 1. The summed E-state index contributed by atoms with van der Waals surface area (Å²) in [4.78, 5) is 14.4. The molecule has 1 aliphatic carbocycles. The van der Waals surface area contributed by atoms with Crippen LogP contribution in [-0.2, 0) is 24.3 Å². The minimum absolute atomic E-state index is 0.0438. The first-order valence-corrected chi connectivity index (χ1v) is 9.26. The molecule has 2 aliphatic heterocycles. The van der Waals surface area contributed by atoms with Gasteiger partial charge in [-0.25, -0.2) is 0 Å². The van der Waals surface area contributed by atoms with Crippen molar-refractivity contribution in [3.8, 4) is 0 Å². The highest BCUT2D eigenvalue weighted by Crippen LogP contribution is 2.43. The molecule has 2 N–H and O–H groups in total. The molecule has 7 heteroatoms. The Hall–Kier alpha value is -1.60. The summed E-state index contributed by atoms with van der Waals surface area (Å²) < 4.78 is 37.7. The van der Waals surface area contributed by atoms with Gasteiger partial charge in [-0.2, -0.15) is 13.2 Å². The summed E-state index contributed by atoms with van der Waals surface area (Å²) in [6.45, 7) is 2.62. The van der Waals surface area contributed by atoms with Crippen molar-refractivity contribution in [2.24, 2.45) is 5.92 Å². The van der Waals surface area contributed by atoms with E-state index in [0.29, 0.717) is 25.4 Å². The predicted octanol–water partition coefficient (Wildman–Crippen LogP) is 2.71. The van der Waals surface area contributed by atoms with Crippen LogP contribution >= 0.6 is 0 Å². The van der Waals surface area contributed by atoms with Crippen molar-refractivity contribution in [1.29, 1.82) is 0 Å². The molecule has 142 valence electrons. The molecular formula is C19H24F3N3O. The molecule has 0 aromatic heterocycles. The van der Waals surface area contributed by atoms with E-state index < -0.39 is 12.6 Å². The van der Waals surface area contributed by atoms with Crippen molar-refractivity contribution in [2.75, 3.05) is 13.2 Å². The fourth-order valence-corrected chi connectivity index (χ4v) is 4.35. The van der Waals surface area contributed by atoms with Gasteiger partial charge in [0, 0.05) is 38.3 Å². The zero-order valence-corrected chi connectivity index (χ0v) is 14.7. The van der Waals surface area contributed by atoms with Gasteiger partial charge in [0.2, 0.25) is 5.91 Å². The van der Waals surface area contributed by atoms with E-state index in [0.717, 1.165) is 30.8 Å². The number of nitrogens with one attached hydrogen (secondary N) is 2. The van der Waals surface area contributed by atoms with Gasteiger partial charge in [-0.3, -0.25) is 10.1 Å². The van der Waals surface area contributed by atoms with Crippen LogP contribution in [0.25, 0.3) is 0 Å². The van der Waals surface area contributed by atoms with Gasteiger partial charge in [-0.1, -0.05) is 18.2 Å². The highest BCUT2D eigenvalue weighted by molar-refractivity contribution is 5.77. The van der Waals surface area contributed by atoms with Crippen LogP contribution < -0.4 is 10.6 Å². The van der Waals surface area contributed by atoms with Crippen molar-refractivity contribution < 1.29 is 18.0 Å². The third-order valence-corrected chi connectivity index (χ3v) is 5.90. The van der Waals surface area contributed by atoms with Crippen molar-refractivity contribution in [3.63, 3.8) is 0 Å². The van der Waals surface area contributed by atoms with Gasteiger partial charge in [0.05, 0.1) is 6.42 Å². The van der Waals surface area contributed by atoms with Crippen molar-refractivity contribution >= 4 is 5.91 Å². The van der Waals surface area contributed by atoms with Crippen LogP contribution in [0.5, 0.6) is 0 Å². The van der Waals surface area contributed by atoms with E-state index in [1.165, 1.54) is 18.9 Å². The molecule has 1 amide bonds. The lowest BCUT2D eigenvalue weighted by Crippen LogP contribution is -2.45. The van der Waals surface area contributed by atoms with Crippen LogP contribution in [0.4, 0.5) is 13.2 Å². The van der Waals surface area contributed by atoms with Crippen LogP contribution in [0.3, 0.4) is 0 Å². The van der Waals surface area contributed by atoms with Crippen LogP contribution in [0.2, 0.25) is 0 Å². The largest absolute Gasteiger partial charge is 0.393 e. The summed E-state index contributed by atoms with van der Waals surface area (Å²) >= 11 is 0. The summed E-state index contributed by atoms with van der Waals surface area (Å²) in [6, 6.07) is 4.86. The third kappa shape index (κ3) is 3.74. The molecule has 1 saturated carbocycles. The lowest BCUT2D eigenvalue weighted by molar-refractivity contribution is -0.132. The second-order valence-corrected chi connectivity index (χ2v) is 7.86. The summed E-state index contributed by atoms with van der Waals surface area (Å²) in [6.07, 6.45) is -1.39. The van der Waals surface area contributed by atoms with Gasteiger partial charge in [0.25, 0.3) is 0 Å². The van der Waals surface area contributed by atoms with Gasteiger partial charge in [0.15, 0.2) is 0 Å². The monoisotopic (exact) mass is 367 g/mol. The third-order valence-electron chi connectivity index (χ3n) is 5.90. The topological polar surface area (TPSA) is 44.4 Å². The number of nitrogens with zero attached hydrogens (tertiary/aromatic N) is 1. The quantitative estimate of drug-likeness (QED) is 0.841. The Balaban J connectivity index is 1.36. The van der Waals surface area contributed by atoms with Crippen LogP contribution in [0, 0.1) is 5.92 Å². The summed E-state index contributed by atoms with van der Waals surface area (Å²) in [5, 5.41) is 6.87. The number of benzene rings is 1. The highest BCUT2D eigenvalue weighted by Gasteiger charge is 2.46. The number of carbonyl (C=O) groups excluding carboxylic acids is 1. The number of amides is 1. The minimum atomic E-state index is -4.21. The molecule has 1 saturated heterocycles. The Bertz CT molecular complexity index is 694. The Morgan fingerprint density at radius 1 is 1.23 bits per heavy atom. The first-order chi connectivity index (χ1) is 12.3. The Morgan fingerprint density at radius 3 is 2.65 bits per heavy atom. The van der Waals surface area contributed by atoms with Crippen LogP contribution in [0.15, 0.2) is 18.2 Å². The molecule has 0 spiro atoms. The first-order valence-electron chi connectivity index (χ1n) is 9.26. The molecule has 2 heterocycles. The average molecular weight is 367 g/mol. The van der Waals surface area contributed by atoms with Crippen molar-refractivity contribution in [2.45, 2.75) is 56.9 Å². The number of hydrogen-bond donors (Lipinski definition) is 2. The van der Waals surface area contributed by atoms with E-state index in [2.05, 4.69) is 10.6 Å². The summed E-state index contributed by atoms with van der Waals surface area (Å²) in [7, 11) is 0. The number of fused-ring (bicyclic) bond motifs is 1. The maximum absolute atomic E-state index is 12.7. The maximum Gasteiger partial charge on any atom is 0.393 e. The molecular weight excluding hydrogens is 343 g/mol. The van der Waals surface area contributed by atoms with Gasteiger partial charge < -0.3 is 10.2 Å². The van der Waals surface area contributed by atoms with Crippen LogP contribution in [0.1, 0.15) is 42.4 Å². The Morgan fingerprint density at radius 2 is 2.00 bits per heavy atom. The fraction of sp³-hybridized carbons (Fsp3) is 0.632. The van der Waals surface area contributed by atoms with Crippen LogP contribution in [-0.4, -0.2) is 35.7 Å². The molecule has 2 fully saturated rings. The molecule has 1 aromatic rings. The summed E-state index contributed by atoms with van der Waals surface area (Å²) in [5.74, 6) is 0.748. The fourth-order valence-electron chi connectivity index (χ4n) is 4.35. The zero-order valence-electron chi connectivity index (χ0n) is 14.7. The minimum Gasteiger partial charge on any atom is -0.334 e. The summed E-state index contributed by atoms with van der Waals surface area (Å²) in [5.41, 5.74) is 2.11. The van der Waals surface area contributed by atoms with E-state index in [1.807, 2.05) is 0 Å². The average Bonchev–Trinajstić information content (AvgIpc) is 3.18. The van der Waals surface area contributed by atoms with Crippen molar-refractivity contribution in [1.82, 2.24) is 15.5 Å². The molecule has 4 nitrogen and oxygen atoms in total. The standard InChI is InChI=1S/C19H24F3N3O/c20-19(21,22)8-13-1-2-14-9-25(10-15(14)7-13)17(26)5-6-18(16-3-4-16)11-23-12-24-18/h1-2,7,16,23-24H,3-6,8-12H2/t18-/m1/s1. The van der Waals surface area contributed by atoms with E-state index in [-0.39, 0.29) is 17.0 Å². The molecule has 1 aromatic carbocycles. The van der Waals surface area contributed by atoms with E-state index in [4.69, 9.17) is 0 Å². The molecule has 0 unspecified atom stereocenters. The number of alkyl halides is 3. The number of hydrogen-bond acceptors (Lipinski definition) is 3. The number of halogens is 3. The molecule has 4 rings (SSSR count). The van der Waals surface area contributed by atoms with Gasteiger partial charge in [0.1, 0.15) is 0 Å². The van der Waals surface area contributed by atoms with Crippen molar-refractivity contribution in [3.05, 3.63) is 34.9 Å². The SMILES string of the molecule is O=C(CC[C@]1(C2CC2)CNCN1)N1Cc2ccc(CC(F)(F)F)cc2C1. The maximum atomic E-state index is 12.7. The van der Waals surface area contributed by atoms with E-state index in [1.54, 1.807) is 17.0 Å². The Labute approximate surface area is 151 Å². The lowest BCUT2D eigenvalue weighted by Gasteiger charge is -2.29. The Kier molecular flexibility index (Phi) is 4.47. The normalized spacial score (nSPS) is 25.6. The van der Waals surface area contributed by atoms with E-state index in [9.17, 15) is 18.0 Å². The molecule has 0 bridgehead atoms. The molecule has 26 heavy (non-hydrogen) atoms. The van der Waals surface area contributed by atoms with E-state index >= 15 is 0 Å². The smallest absolute Gasteiger partial charge is 0.334 e. The molecule has 0 radical (unpaired) electrons. The number of rotatable bonds is 5. The predicted molar refractivity (Wildman–Crippen MR) is 91.1 cm³/mol. The first kappa shape index (κ1) is 17.8. The van der Waals surface area contributed by atoms with Gasteiger partial charge in [-0.05, 0) is 41.9 Å². The zero-order chi connectivity index (χ0) is 18.4. The molecule has 1 atom stereocenters. The highest BCUT2D eigenvalue weighted by atomic mass is 19.4. The van der Waals surface area contributed by atoms with Gasteiger partial charge in [-0.15, -0.1) is 0 Å². The second kappa shape index (κ2) is 6.53. The lowest BCUT2D eigenvalue weighted by atomic mass is 9.88. The molecule has 3 aliphatic rings.